The standard InChI is InChI=1S/C13H17NO4/c1-3-17-13(16)14-10(2)12(15)18-9-11-7-5-4-6-8-11/h4-8,10H,3,9H2,1-2H3,(H,14,16). The third kappa shape index (κ3) is 4.86. The second kappa shape index (κ2) is 7.32. The number of hydrogen-bond acceptors (Lipinski definition) is 4. The normalized spacial score (nSPS) is 11.4. The second-order valence-electron chi connectivity index (χ2n) is 3.68. The van der Waals surface area contributed by atoms with Gasteiger partial charge in [0, 0.05) is 0 Å². The number of esters is 1. The molecule has 0 bridgehead atoms. The Hall–Kier alpha value is -2.04. The van der Waals surface area contributed by atoms with Crippen LogP contribution in [0.4, 0.5) is 4.79 Å². The summed E-state index contributed by atoms with van der Waals surface area (Å²) in [7, 11) is 0. The van der Waals surface area contributed by atoms with E-state index in [0.717, 1.165) is 5.56 Å². The van der Waals surface area contributed by atoms with E-state index in [0.29, 0.717) is 0 Å². The lowest BCUT2D eigenvalue weighted by atomic mass is 10.2. The van der Waals surface area contributed by atoms with Crippen molar-refractivity contribution in [2.24, 2.45) is 0 Å². The molecule has 18 heavy (non-hydrogen) atoms. The lowest BCUT2D eigenvalue weighted by molar-refractivity contribution is -0.146. The van der Waals surface area contributed by atoms with Crippen LogP contribution >= 0.6 is 0 Å². The van der Waals surface area contributed by atoms with Crippen molar-refractivity contribution < 1.29 is 19.1 Å². The molecule has 1 amide bonds. The molecular formula is C13H17NO4. The number of nitrogens with one attached hydrogen (secondary N) is 1. The van der Waals surface area contributed by atoms with Gasteiger partial charge in [-0.05, 0) is 19.4 Å². The first-order chi connectivity index (χ1) is 8.63. The van der Waals surface area contributed by atoms with Crippen LogP contribution < -0.4 is 5.32 Å². The van der Waals surface area contributed by atoms with Crippen molar-refractivity contribution in [2.45, 2.75) is 26.5 Å². The average molecular weight is 251 g/mol. The topological polar surface area (TPSA) is 64.6 Å². The third-order valence-electron chi connectivity index (χ3n) is 2.19. The summed E-state index contributed by atoms with van der Waals surface area (Å²) < 4.78 is 9.73. The Morgan fingerprint density at radius 3 is 2.50 bits per heavy atom. The van der Waals surface area contributed by atoms with E-state index in [1.54, 1.807) is 13.8 Å². The van der Waals surface area contributed by atoms with E-state index < -0.39 is 18.1 Å². The minimum absolute atomic E-state index is 0.189. The molecule has 98 valence electrons. The number of benzene rings is 1. The molecule has 0 heterocycles. The predicted octanol–water partition coefficient (Wildman–Crippen LogP) is 1.86. The van der Waals surface area contributed by atoms with E-state index in [1.165, 1.54) is 0 Å². The maximum absolute atomic E-state index is 11.6. The number of amides is 1. The Morgan fingerprint density at radius 2 is 1.89 bits per heavy atom. The van der Waals surface area contributed by atoms with Crippen molar-refractivity contribution in [3.63, 3.8) is 0 Å². The van der Waals surface area contributed by atoms with Gasteiger partial charge < -0.3 is 14.8 Å². The summed E-state index contributed by atoms with van der Waals surface area (Å²) in [6.07, 6.45) is -0.623. The SMILES string of the molecule is CCOC(=O)NC(C)C(=O)OCc1ccccc1. The molecule has 5 nitrogen and oxygen atoms in total. The van der Waals surface area contributed by atoms with Crippen LogP contribution in [0.25, 0.3) is 0 Å². The number of carbonyl (C=O) groups is 2. The lowest BCUT2D eigenvalue weighted by Crippen LogP contribution is -2.39. The summed E-state index contributed by atoms with van der Waals surface area (Å²) in [5.74, 6) is -0.494. The highest BCUT2D eigenvalue weighted by molar-refractivity contribution is 5.80. The highest BCUT2D eigenvalue weighted by Gasteiger charge is 2.17. The van der Waals surface area contributed by atoms with Crippen LogP contribution in [0.3, 0.4) is 0 Å². The van der Waals surface area contributed by atoms with Gasteiger partial charge in [0.2, 0.25) is 0 Å². The molecule has 1 aromatic carbocycles. The van der Waals surface area contributed by atoms with Gasteiger partial charge >= 0.3 is 12.1 Å². The largest absolute Gasteiger partial charge is 0.459 e. The molecule has 0 aliphatic rings. The van der Waals surface area contributed by atoms with Gasteiger partial charge in [-0.1, -0.05) is 30.3 Å². The molecule has 0 spiro atoms. The van der Waals surface area contributed by atoms with E-state index in [-0.39, 0.29) is 13.2 Å². The van der Waals surface area contributed by atoms with Gasteiger partial charge in [0.05, 0.1) is 6.61 Å². The van der Waals surface area contributed by atoms with Gasteiger partial charge in [-0.2, -0.15) is 0 Å². The van der Waals surface area contributed by atoms with Crippen LogP contribution in [0.5, 0.6) is 0 Å². The fraction of sp³-hybridized carbons (Fsp3) is 0.385. The van der Waals surface area contributed by atoms with Gasteiger partial charge in [0.25, 0.3) is 0 Å². The lowest BCUT2D eigenvalue weighted by Gasteiger charge is -2.13. The van der Waals surface area contributed by atoms with Crippen LogP contribution in [0, 0.1) is 0 Å². The Morgan fingerprint density at radius 1 is 1.22 bits per heavy atom. The van der Waals surface area contributed by atoms with E-state index >= 15 is 0 Å². The van der Waals surface area contributed by atoms with E-state index in [9.17, 15) is 9.59 Å². The first-order valence-corrected chi connectivity index (χ1v) is 5.77. The predicted molar refractivity (Wildman–Crippen MR) is 65.9 cm³/mol. The van der Waals surface area contributed by atoms with Crippen LogP contribution in [-0.4, -0.2) is 24.7 Å². The van der Waals surface area contributed by atoms with Gasteiger partial charge in [0.1, 0.15) is 12.6 Å². The summed E-state index contributed by atoms with van der Waals surface area (Å²) in [4.78, 5) is 22.7. The quantitative estimate of drug-likeness (QED) is 0.811. The molecule has 0 saturated carbocycles. The van der Waals surface area contributed by atoms with Crippen LogP contribution in [-0.2, 0) is 20.9 Å². The molecule has 0 saturated heterocycles. The van der Waals surface area contributed by atoms with Crippen molar-refractivity contribution in [1.29, 1.82) is 0 Å². The summed E-state index contributed by atoms with van der Waals surface area (Å²) in [6, 6.07) is 8.60. The van der Waals surface area contributed by atoms with Crippen molar-refractivity contribution >= 4 is 12.1 Å². The second-order valence-corrected chi connectivity index (χ2v) is 3.68. The molecule has 0 fully saturated rings. The minimum Gasteiger partial charge on any atom is -0.459 e. The molecule has 0 aromatic heterocycles. The first-order valence-electron chi connectivity index (χ1n) is 5.77. The molecule has 1 unspecified atom stereocenters. The zero-order valence-corrected chi connectivity index (χ0v) is 10.5. The molecule has 1 rings (SSSR count). The highest BCUT2D eigenvalue weighted by Crippen LogP contribution is 2.01. The van der Waals surface area contributed by atoms with E-state index in [4.69, 9.17) is 4.74 Å². The summed E-state index contributed by atoms with van der Waals surface area (Å²) in [5.41, 5.74) is 0.897. The number of rotatable bonds is 5. The maximum atomic E-state index is 11.6. The van der Waals surface area contributed by atoms with Gasteiger partial charge in [-0.25, -0.2) is 9.59 Å². The molecule has 5 heteroatoms. The summed E-state index contributed by atoms with van der Waals surface area (Å²) in [5, 5.41) is 2.38. The molecular weight excluding hydrogens is 234 g/mol. The molecule has 0 aliphatic heterocycles. The smallest absolute Gasteiger partial charge is 0.407 e. The number of hydrogen-bond donors (Lipinski definition) is 1. The average Bonchev–Trinajstić information content (AvgIpc) is 2.37. The Kier molecular flexibility index (Phi) is 5.70. The van der Waals surface area contributed by atoms with Gasteiger partial charge in [-0.15, -0.1) is 0 Å². The van der Waals surface area contributed by atoms with E-state index in [1.807, 2.05) is 30.3 Å². The van der Waals surface area contributed by atoms with E-state index in [2.05, 4.69) is 10.1 Å². The minimum atomic E-state index is -0.729. The zero-order valence-electron chi connectivity index (χ0n) is 10.5. The molecule has 0 aliphatic carbocycles. The monoisotopic (exact) mass is 251 g/mol. The van der Waals surface area contributed by atoms with Crippen LogP contribution in [0.1, 0.15) is 19.4 Å². The van der Waals surface area contributed by atoms with Gasteiger partial charge in [0.15, 0.2) is 0 Å². The van der Waals surface area contributed by atoms with Crippen LogP contribution in [0.2, 0.25) is 0 Å². The summed E-state index contributed by atoms with van der Waals surface area (Å²) >= 11 is 0. The number of carbonyl (C=O) groups excluding carboxylic acids is 2. The maximum Gasteiger partial charge on any atom is 0.407 e. The molecule has 1 aromatic rings. The van der Waals surface area contributed by atoms with Crippen LogP contribution in [0.15, 0.2) is 30.3 Å². The summed E-state index contributed by atoms with van der Waals surface area (Å²) in [6.45, 7) is 3.69. The number of alkyl carbamates (subject to hydrolysis) is 1. The molecule has 0 radical (unpaired) electrons. The third-order valence-corrected chi connectivity index (χ3v) is 2.19. The Labute approximate surface area is 106 Å². The van der Waals surface area contributed by atoms with Crippen molar-refractivity contribution in [1.82, 2.24) is 5.32 Å². The highest BCUT2D eigenvalue weighted by atomic mass is 16.6. The zero-order chi connectivity index (χ0) is 13.4. The Balaban J connectivity index is 2.34. The fourth-order valence-corrected chi connectivity index (χ4v) is 1.26. The number of ether oxygens (including phenoxy) is 2. The molecule has 1 atom stereocenters. The van der Waals surface area contributed by atoms with Gasteiger partial charge in [-0.3, -0.25) is 0 Å². The van der Waals surface area contributed by atoms with Crippen molar-refractivity contribution in [3.8, 4) is 0 Å². The fourth-order valence-electron chi connectivity index (χ4n) is 1.26. The molecule has 1 N–H and O–H groups in total. The van der Waals surface area contributed by atoms with Crippen molar-refractivity contribution in [2.75, 3.05) is 6.61 Å². The first kappa shape index (κ1) is 14.0. The Bertz CT molecular complexity index is 391. The van der Waals surface area contributed by atoms with Crippen molar-refractivity contribution in [3.05, 3.63) is 35.9 Å².